The molecule has 8 nitrogen and oxygen atoms in total. The third-order valence-electron chi connectivity index (χ3n) is 3.36. The van der Waals surface area contributed by atoms with E-state index in [1.165, 1.54) is 49.4 Å². The van der Waals surface area contributed by atoms with Gasteiger partial charge in [0.2, 0.25) is 26.0 Å². The largest absolute Gasteiger partial charge is 0.325 e. The smallest absolute Gasteiger partial charge is 0.242 e. The van der Waals surface area contributed by atoms with Crippen LogP contribution in [0.4, 0.5) is 5.69 Å². The van der Waals surface area contributed by atoms with Crippen LogP contribution in [-0.2, 0) is 24.8 Å². The summed E-state index contributed by atoms with van der Waals surface area (Å²) in [5.41, 5.74) is 0.263. The van der Waals surface area contributed by atoms with Crippen LogP contribution in [0.5, 0.6) is 0 Å². The molecule has 0 aliphatic rings. The van der Waals surface area contributed by atoms with Gasteiger partial charge in [-0.1, -0.05) is 23.2 Å². The van der Waals surface area contributed by atoms with Gasteiger partial charge in [-0.15, -0.1) is 0 Å². The average Bonchev–Trinajstić information content (AvgIpc) is 2.56. The SMILES string of the molecule is C[C@H](NS(=O)(=O)c1cc(Cl)ccc1Cl)C(=O)Nc1ccc(S(N)(=O)=O)cc1. The number of nitrogens with two attached hydrogens (primary N) is 1. The first-order chi connectivity index (χ1) is 12.4. The summed E-state index contributed by atoms with van der Waals surface area (Å²) in [6, 6.07) is 7.86. The van der Waals surface area contributed by atoms with E-state index in [4.69, 9.17) is 28.3 Å². The number of primary sulfonamides is 1. The normalized spacial score (nSPS) is 13.2. The molecule has 0 heterocycles. The zero-order chi connectivity index (χ0) is 20.4. The number of sulfonamides is 2. The fraction of sp³-hybridized carbons (Fsp3) is 0.133. The monoisotopic (exact) mass is 451 g/mol. The lowest BCUT2D eigenvalue weighted by Crippen LogP contribution is -2.41. The Morgan fingerprint density at radius 1 is 1.04 bits per heavy atom. The van der Waals surface area contributed by atoms with Crippen molar-refractivity contribution >= 4 is 54.8 Å². The minimum atomic E-state index is -4.10. The summed E-state index contributed by atoms with van der Waals surface area (Å²) >= 11 is 11.7. The minimum Gasteiger partial charge on any atom is -0.325 e. The lowest BCUT2D eigenvalue weighted by Gasteiger charge is -2.15. The van der Waals surface area contributed by atoms with E-state index in [0.717, 1.165) is 0 Å². The van der Waals surface area contributed by atoms with E-state index in [9.17, 15) is 21.6 Å². The van der Waals surface area contributed by atoms with Crippen LogP contribution in [0.1, 0.15) is 6.92 Å². The van der Waals surface area contributed by atoms with E-state index in [0.29, 0.717) is 0 Å². The third kappa shape index (κ3) is 5.64. The van der Waals surface area contributed by atoms with Gasteiger partial charge < -0.3 is 5.32 Å². The zero-order valence-corrected chi connectivity index (χ0v) is 17.0. The highest BCUT2D eigenvalue weighted by atomic mass is 35.5. The molecule has 0 aliphatic carbocycles. The molecule has 2 aromatic rings. The van der Waals surface area contributed by atoms with Crippen molar-refractivity contribution in [3.8, 4) is 0 Å². The predicted molar refractivity (Wildman–Crippen MR) is 103 cm³/mol. The van der Waals surface area contributed by atoms with Gasteiger partial charge in [0.05, 0.1) is 16.0 Å². The van der Waals surface area contributed by atoms with Gasteiger partial charge in [0.25, 0.3) is 0 Å². The van der Waals surface area contributed by atoms with Gasteiger partial charge in [-0.3, -0.25) is 4.79 Å². The van der Waals surface area contributed by atoms with Crippen LogP contribution >= 0.6 is 23.2 Å². The van der Waals surface area contributed by atoms with Crippen LogP contribution in [0.3, 0.4) is 0 Å². The molecule has 0 fully saturated rings. The molecule has 0 bridgehead atoms. The Morgan fingerprint density at radius 2 is 1.63 bits per heavy atom. The van der Waals surface area contributed by atoms with E-state index in [2.05, 4.69) is 10.0 Å². The maximum absolute atomic E-state index is 12.4. The topological polar surface area (TPSA) is 135 Å². The summed E-state index contributed by atoms with van der Waals surface area (Å²) in [5, 5.41) is 7.58. The molecule has 1 atom stereocenters. The Labute approximate surface area is 166 Å². The van der Waals surface area contributed by atoms with Crippen LogP contribution in [0.15, 0.2) is 52.3 Å². The Hall–Kier alpha value is -1.69. The molecule has 0 aromatic heterocycles. The second kappa shape index (κ2) is 8.13. The highest BCUT2D eigenvalue weighted by Crippen LogP contribution is 2.25. The van der Waals surface area contributed by atoms with Crippen molar-refractivity contribution in [2.75, 3.05) is 5.32 Å². The van der Waals surface area contributed by atoms with Crippen molar-refractivity contribution in [2.24, 2.45) is 5.14 Å². The number of anilines is 1. The Morgan fingerprint density at radius 3 is 2.19 bits per heavy atom. The number of carbonyl (C=O) groups excluding carboxylic acids is 1. The number of amides is 1. The van der Waals surface area contributed by atoms with E-state index in [1.807, 2.05) is 0 Å². The molecule has 12 heteroatoms. The van der Waals surface area contributed by atoms with E-state index in [1.54, 1.807) is 0 Å². The number of nitrogens with one attached hydrogen (secondary N) is 2. The van der Waals surface area contributed by atoms with Crippen molar-refractivity contribution in [3.05, 3.63) is 52.5 Å². The summed E-state index contributed by atoms with van der Waals surface area (Å²) < 4.78 is 49.4. The van der Waals surface area contributed by atoms with Crippen molar-refractivity contribution < 1.29 is 21.6 Å². The fourth-order valence-electron chi connectivity index (χ4n) is 2.01. The summed E-state index contributed by atoms with van der Waals surface area (Å²) in [6.07, 6.45) is 0. The van der Waals surface area contributed by atoms with Gasteiger partial charge in [-0.05, 0) is 49.4 Å². The molecule has 4 N–H and O–H groups in total. The van der Waals surface area contributed by atoms with E-state index in [-0.39, 0.29) is 25.5 Å². The van der Waals surface area contributed by atoms with Gasteiger partial charge in [-0.2, -0.15) is 4.72 Å². The van der Waals surface area contributed by atoms with Crippen LogP contribution in [0.25, 0.3) is 0 Å². The Bertz CT molecular complexity index is 1070. The van der Waals surface area contributed by atoms with Crippen molar-refractivity contribution in [2.45, 2.75) is 22.8 Å². The van der Waals surface area contributed by atoms with Crippen molar-refractivity contribution in [1.29, 1.82) is 0 Å². The first kappa shape index (κ1) is 21.6. The zero-order valence-electron chi connectivity index (χ0n) is 13.8. The maximum Gasteiger partial charge on any atom is 0.242 e. The standard InChI is InChI=1S/C15H15Cl2N3O5S2/c1-9(20-27(24,25)14-8-10(16)2-7-13(14)17)15(21)19-11-3-5-12(6-4-11)26(18,22)23/h2-9,20H,1H3,(H,19,21)(H2,18,22,23)/t9-/m0/s1. The van der Waals surface area contributed by atoms with Gasteiger partial charge in [-0.25, -0.2) is 22.0 Å². The number of halogens is 2. The molecule has 0 unspecified atom stereocenters. The highest BCUT2D eigenvalue weighted by Gasteiger charge is 2.24. The Balaban J connectivity index is 2.12. The summed E-state index contributed by atoms with van der Waals surface area (Å²) in [5.74, 6) is -0.667. The molecule has 0 radical (unpaired) electrons. The van der Waals surface area contributed by atoms with Gasteiger partial charge in [0.1, 0.15) is 4.90 Å². The summed E-state index contributed by atoms with van der Waals surface area (Å²) in [6.45, 7) is 1.34. The molecule has 1 amide bonds. The number of hydrogen-bond acceptors (Lipinski definition) is 5. The van der Waals surface area contributed by atoms with Gasteiger partial charge in [0, 0.05) is 10.7 Å². The lowest BCUT2D eigenvalue weighted by atomic mass is 10.3. The maximum atomic E-state index is 12.4. The minimum absolute atomic E-state index is 0.0434. The van der Waals surface area contributed by atoms with Crippen LogP contribution in [0.2, 0.25) is 10.0 Å². The number of benzene rings is 2. The number of hydrogen-bond donors (Lipinski definition) is 3. The lowest BCUT2D eigenvalue weighted by molar-refractivity contribution is -0.117. The molecular weight excluding hydrogens is 437 g/mol. The van der Waals surface area contributed by atoms with Crippen molar-refractivity contribution in [3.63, 3.8) is 0 Å². The van der Waals surface area contributed by atoms with Crippen LogP contribution < -0.4 is 15.2 Å². The quantitative estimate of drug-likeness (QED) is 0.616. The van der Waals surface area contributed by atoms with Gasteiger partial charge in [0.15, 0.2) is 0 Å². The van der Waals surface area contributed by atoms with Crippen LogP contribution in [0, 0.1) is 0 Å². The number of rotatable bonds is 6. The first-order valence-corrected chi connectivity index (χ1v) is 11.1. The fourth-order valence-corrected chi connectivity index (χ4v) is 4.49. The molecular formula is C15H15Cl2N3O5S2. The van der Waals surface area contributed by atoms with E-state index >= 15 is 0 Å². The summed E-state index contributed by atoms with van der Waals surface area (Å²) in [4.78, 5) is 11.8. The molecule has 2 aromatic carbocycles. The molecule has 146 valence electrons. The summed E-state index contributed by atoms with van der Waals surface area (Å²) in [7, 11) is -7.95. The molecule has 0 spiro atoms. The predicted octanol–water partition coefficient (Wildman–Crippen LogP) is 1.95. The van der Waals surface area contributed by atoms with Crippen molar-refractivity contribution in [1.82, 2.24) is 4.72 Å². The Kier molecular flexibility index (Phi) is 6.51. The molecule has 27 heavy (non-hydrogen) atoms. The molecule has 0 saturated carbocycles. The average molecular weight is 452 g/mol. The molecule has 2 rings (SSSR count). The second-order valence-corrected chi connectivity index (χ2v) is 9.56. The third-order valence-corrected chi connectivity index (χ3v) is 6.54. The second-order valence-electron chi connectivity index (χ2n) is 5.48. The molecule has 0 saturated heterocycles. The number of carbonyl (C=O) groups is 1. The van der Waals surface area contributed by atoms with Gasteiger partial charge >= 0.3 is 0 Å². The van der Waals surface area contributed by atoms with E-state index < -0.39 is 32.0 Å². The molecule has 0 aliphatic heterocycles. The first-order valence-electron chi connectivity index (χ1n) is 7.31. The van der Waals surface area contributed by atoms with Crippen LogP contribution in [-0.4, -0.2) is 28.8 Å². The highest BCUT2D eigenvalue weighted by molar-refractivity contribution is 7.89.